The van der Waals surface area contributed by atoms with Crippen molar-refractivity contribution < 1.29 is 19.4 Å². The summed E-state index contributed by atoms with van der Waals surface area (Å²) in [7, 11) is 1.63. The van der Waals surface area contributed by atoms with Crippen LogP contribution in [-0.2, 0) is 14.3 Å². The zero-order chi connectivity index (χ0) is 12.2. The fraction of sp³-hybridized carbons (Fsp3) is 0.909. The van der Waals surface area contributed by atoms with E-state index in [0.29, 0.717) is 32.8 Å². The number of rotatable bonds is 11. The number of carboxylic acids is 1. The lowest BCUT2D eigenvalue weighted by molar-refractivity contribution is -0.139. The molecular weight excluding hydrogens is 210 g/mol. The van der Waals surface area contributed by atoms with Gasteiger partial charge in [-0.1, -0.05) is 13.3 Å². The smallest absolute Gasteiger partial charge is 0.320 e. The molecule has 0 aliphatic carbocycles. The number of nitrogens with one attached hydrogen (secondary N) is 1. The first-order valence-corrected chi connectivity index (χ1v) is 5.75. The second kappa shape index (κ2) is 10.9. The number of carbonyl (C=O) groups is 1. The zero-order valence-corrected chi connectivity index (χ0v) is 10.2. The van der Waals surface area contributed by atoms with Gasteiger partial charge in [0.05, 0.1) is 13.2 Å². The van der Waals surface area contributed by atoms with E-state index in [1.165, 1.54) is 0 Å². The maximum absolute atomic E-state index is 10.8. The molecule has 0 bridgehead atoms. The first-order chi connectivity index (χ1) is 7.72. The van der Waals surface area contributed by atoms with Crippen LogP contribution in [0.25, 0.3) is 0 Å². The highest BCUT2D eigenvalue weighted by Crippen LogP contribution is 1.96. The van der Waals surface area contributed by atoms with Gasteiger partial charge in [-0.15, -0.1) is 0 Å². The van der Waals surface area contributed by atoms with E-state index in [9.17, 15) is 4.79 Å². The molecule has 0 spiro atoms. The molecule has 1 unspecified atom stereocenters. The molecule has 5 heteroatoms. The van der Waals surface area contributed by atoms with E-state index < -0.39 is 12.0 Å². The van der Waals surface area contributed by atoms with Gasteiger partial charge in [0, 0.05) is 13.7 Å². The van der Waals surface area contributed by atoms with Crippen molar-refractivity contribution in [3.63, 3.8) is 0 Å². The van der Waals surface area contributed by atoms with E-state index in [1.807, 2.05) is 6.92 Å². The van der Waals surface area contributed by atoms with Gasteiger partial charge >= 0.3 is 5.97 Å². The molecule has 1 atom stereocenters. The van der Waals surface area contributed by atoms with Crippen LogP contribution in [0.4, 0.5) is 0 Å². The summed E-state index contributed by atoms with van der Waals surface area (Å²) in [5.74, 6) is -0.776. The normalized spacial score (nSPS) is 12.6. The Morgan fingerprint density at radius 3 is 2.69 bits per heavy atom. The second-order valence-electron chi connectivity index (χ2n) is 3.59. The van der Waals surface area contributed by atoms with Crippen LogP contribution in [0.5, 0.6) is 0 Å². The van der Waals surface area contributed by atoms with Crippen molar-refractivity contribution >= 4 is 5.97 Å². The molecule has 0 amide bonds. The molecule has 0 saturated heterocycles. The molecule has 0 heterocycles. The lowest BCUT2D eigenvalue weighted by Gasteiger charge is -2.13. The number of carboxylic acid groups (broad SMARTS) is 1. The number of aliphatic carboxylic acids is 1. The van der Waals surface area contributed by atoms with Crippen LogP contribution in [0.15, 0.2) is 0 Å². The van der Waals surface area contributed by atoms with Crippen molar-refractivity contribution in [3.8, 4) is 0 Å². The SMILES string of the molecule is CCCC(NCCCOCCOC)C(=O)O. The van der Waals surface area contributed by atoms with Crippen molar-refractivity contribution in [2.45, 2.75) is 32.2 Å². The lowest BCUT2D eigenvalue weighted by Crippen LogP contribution is -2.37. The van der Waals surface area contributed by atoms with Crippen LogP contribution in [-0.4, -0.2) is 50.6 Å². The number of ether oxygens (including phenoxy) is 2. The third-order valence-corrected chi connectivity index (χ3v) is 2.16. The molecule has 5 nitrogen and oxygen atoms in total. The Hall–Kier alpha value is -0.650. The molecule has 96 valence electrons. The summed E-state index contributed by atoms with van der Waals surface area (Å²) in [6.07, 6.45) is 2.35. The summed E-state index contributed by atoms with van der Waals surface area (Å²) in [6.45, 7) is 4.47. The number of methoxy groups -OCH3 is 1. The topological polar surface area (TPSA) is 67.8 Å². The fourth-order valence-electron chi connectivity index (χ4n) is 1.30. The summed E-state index contributed by atoms with van der Waals surface area (Å²) in [6, 6.07) is -0.427. The fourth-order valence-corrected chi connectivity index (χ4v) is 1.30. The van der Waals surface area contributed by atoms with Crippen molar-refractivity contribution in [3.05, 3.63) is 0 Å². The monoisotopic (exact) mass is 233 g/mol. The van der Waals surface area contributed by atoms with E-state index in [2.05, 4.69) is 5.32 Å². The zero-order valence-electron chi connectivity index (χ0n) is 10.2. The van der Waals surface area contributed by atoms with Crippen LogP contribution in [0.3, 0.4) is 0 Å². The molecule has 0 aromatic carbocycles. The Balaban J connectivity index is 3.37. The standard InChI is InChI=1S/C11H23NO4/c1-3-5-10(11(13)14)12-6-4-7-16-9-8-15-2/h10,12H,3-9H2,1-2H3,(H,13,14). The summed E-state index contributed by atoms with van der Waals surface area (Å²) >= 11 is 0. The van der Waals surface area contributed by atoms with E-state index in [0.717, 1.165) is 12.8 Å². The van der Waals surface area contributed by atoms with Crippen LogP contribution >= 0.6 is 0 Å². The average molecular weight is 233 g/mol. The maximum atomic E-state index is 10.8. The summed E-state index contributed by atoms with van der Waals surface area (Å²) in [4.78, 5) is 10.8. The van der Waals surface area contributed by atoms with Gasteiger partial charge in [0.1, 0.15) is 6.04 Å². The Morgan fingerprint density at radius 1 is 1.38 bits per heavy atom. The Morgan fingerprint density at radius 2 is 2.12 bits per heavy atom. The van der Waals surface area contributed by atoms with Gasteiger partial charge in [-0.25, -0.2) is 0 Å². The lowest BCUT2D eigenvalue weighted by atomic mass is 10.1. The highest BCUT2D eigenvalue weighted by atomic mass is 16.5. The Bertz CT molecular complexity index is 175. The Labute approximate surface area is 97.1 Å². The predicted molar refractivity (Wildman–Crippen MR) is 61.6 cm³/mol. The minimum absolute atomic E-state index is 0.427. The highest BCUT2D eigenvalue weighted by Gasteiger charge is 2.14. The highest BCUT2D eigenvalue weighted by molar-refractivity contribution is 5.73. The van der Waals surface area contributed by atoms with Crippen molar-refractivity contribution in [2.24, 2.45) is 0 Å². The largest absolute Gasteiger partial charge is 0.480 e. The summed E-state index contributed by atoms with van der Waals surface area (Å²) in [5, 5.41) is 11.9. The minimum Gasteiger partial charge on any atom is -0.480 e. The molecule has 16 heavy (non-hydrogen) atoms. The van der Waals surface area contributed by atoms with Crippen LogP contribution in [0, 0.1) is 0 Å². The predicted octanol–water partition coefficient (Wildman–Crippen LogP) is 0.882. The van der Waals surface area contributed by atoms with Crippen LogP contribution < -0.4 is 5.32 Å². The first kappa shape index (κ1) is 15.3. The van der Waals surface area contributed by atoms with Gasteiger partial charge in [0.2, 0.25) is 0 Å². The van der Waals surface area contributed by atoms with Gasteiger partial charge in [-0.05, 0) is 19.4 Å². The quantitative estimate of drug-likeness (QED) is 0.519. The average Bonchev–Trinajstić information content (AvgIpc) is 2.26. The van der Waals surface area contributed by atoms with E-state index in [1.54, 1.807) is 7.11 Å². The van der Waals surface area contributed by atoms with Gasteiger partial charge in [0.25, 0.3) is 0 Å². The molecule has 0 aromatic heterocycles. The van der Waals surface area contributed by atoms with Gasteiger partial charge in [-0.3, -0.25) is 4.79 Å². The van der Waals surface area contributed by atoms with Crippen molar-refractivity contribution in [2.75, 3.05) is 33.5 Å². The molecule has 0 aliphatic rings. The summed E-state index contributed by atoms with van der Waals surface area (Å²) in [5.41, 5.74) is 0. The van der Waals surface area contributed by atoms with E-state index >= 15 is 0 Å². The third-order valence-electron chi connectivity index (χ3n) is 2.16. The van der Waals surface area contributed by atoms with Gasteiger partial charge in [-0.2, -0.15) is 0 Å². The second-order valence-corrected chi connectivity index (χ2v) is 3.59. The molecule has 0 rings (SSSR count). The molecular formula is C11H23NO4. The molecule has 0 aromatic rings. The van der Waals surface area contributed by atoms with Crippen molar-refractivity contribution in [1.29, 1.82) is 0 Å². The Kier molecular flexibility index (Phi) is 10.4. The first-order valence-electron chi connectivity index (χ1n) is 5.75. The molecule has 0 saturated carbocycles. The van der Waals surface area contributed by atoms with Gasteiger partial charge in [0.15, 0.2) is 0 Å². The van der Waals surface area contributed by atoms with Crippen molar-refractivity contribution in [1.82, 2.24) is 5.32 Å². The summed E-state index contributed by atoms with van der Waals surface area (Å²) < 4.78 is 10.1. The number of hydrogen-bond donors (Lipinski definition) is 2. The minimum atomic E-state index is -0.776. The van der Waals surface area contributed by atoms with E-state index in [4.69, 9.17) is 14.6 Å². The molecule has 0 aliphatic heterocycles. The van der Waals surface area contributed by atoms with Crippen LogP contribution in [0.1, 0.15) is 26.2 Å². The van der Waals surface area contributed by atoms with Crippen LogP contribution in [0.2, 0.25) is 0 Å². The number of hydrogen-bond acceptors (Lipinski definition) is 4. The van der Waals surface area contributed by atoms with E-state index in [-0.39, 0.29) is 0 Å². The molecule has 0 radical (unpaired) electrons. The molecule has 2 N–H and O–H groups in total. The third kappa shape index (κ3) is 8.64. The van der Waals surface area contributed by atoms with Gasteiger partial charge < -0.3 is 19.9 Å². The maximum Gasteiger partial charge on any atom is 0.320 e. The molecule has 0 fully saturated rings.